The number of para-hydroxylation sites is 2. The Morgan fingerprint density at radius 1 is 1.27 bits per heavy atom. The van der Waals surface area contributed by atoms with Crippen LogP contribution in [-0.2, 0) is 4.79 Å². The Morgan fingerprint density at radius 3 is 2.69 bits per heavy atom. The third kappa shape index (κ3) is 4.48. The van der Waals surface area contributed by atoms with Crippen LogP contribution in [0.4, 0.5) is 10.8 Å². The molecule has 1 aromatic carbocycles. The molecular formula is C18H22N4O2S2. The lowest BCUT2D eigenvalue weighted by molar-refractivity contribution is -0.119. The van der Waals surface area contributed by atoms with Gasteiger partial charge in [0.05, 0.1) is 18.6 Å². The SMILES string of the molecule is COc1ccccc1Nc1nnc(SCC(=O)NC(C2CC2)C2CC2)s1. The number of carbonyl (C=O) groups is 1. The van der Waals surface area contributed by atoms with Gasteiger partial charge in [0, 0.05) is 6.04 Å². The Hall–Kier alpha value is -1.80. The molecular weight excluding hydrogens is 368 g/mol. The second-order valence-electron chi connectivity index (χ2n) is 6.76. The maximum absolute atomic E-state index is 12.3. The summed E-state index contributed by atoms with van der Waals surface area (Å²) in [5.41, 5.74) is 0.845. The van der Waals surface area contributed by atoms with Gasteiger partial charge in [-0.2, -0.15) is 0 Å². The molecule has 2 aliphatic rings. The summed E-state index contributed by atoms with van der Waals surface area (Å²) in [7, 11) is 1.64. The van der Waals surface area contributed by atoms with Crippen molar-refractivity contribution in [1.29, 1.82) is 0 Å². The summed E-state index contributed by atoms with van der Waals surface area (Å²) in [5.74, 6) is 2.68. The third-order valence-electron chi connectivity index (χ3n) is 4.67. The van der Waals surface area contributed by atoms with Crippen LogP contribution in [0.15, 0.2) is 28.6 Å². The molecule has 0 spiro atoms. The molecule has 1 amide bonds. The Labute approximate surface area is 161 Å². The first-order valence-electron chi connectivity index (χ1n) is 8.88. The summed E-state index contributed by atoms with van der Waals surface area (Å²) in [4.78, 5) is 12.3. The van der Waals surface area contributed by atoms with Crippen molar-refractivity contribution in [2.24, 2.45) is 11.8 Å². The van der Waals surface area contributed by atoms with E-state index in [1.807, 2.05) is 24.3 Å². The van der Waals surface area contributed by atoms with Crippen molar-refractivity contribution in [3.63, 3.8) is 0 Å². The van der Waals surface area contributed by atoms with E-state index in [1.165, 1.54) is 48.8 Å². The minimum absolute atomic E-state index is 0.105. The number of anilines is 2. The number of amides is 1. The van der Waals surface area contributed by atoms with E-state index < -0.39 is 0 Å². The smallest absolute Gasteiger partial charge is 0.230 e. The van der Waals surface area contributed by atoms with Crippen molar-refractivity contribution in [2.45, 2.75) is 36.1 Å². The Balaban J connectivity index is 1.28. The maximum Gasteiger partial charge on any atom is 0.230 e. The lowest BCUT2D eigenvalue weighted by Crippen LogP contribution is -2.39. The van der Waals surface area contributed by atoms with Crippen molar-refractivity contribution in [2.75, 3.05) is 18.2 Å². The molecule has 0 unspecified atom stereocenters. The van der Waals surface area contributed by atoms with E-state index in [4.69, 9.17) is 4.74 Å². The molecule has 2 saturated carbocycles. The lowest BCUT2D eigenvalue weighted by atomic mass is 10.1. The van der Waals surface area contributed by atoms with Gasteiger partial charge < -0.3 is 15.4 Å². The van der Waals surface area contributed by atoms with E-state index in [2.05, 4.69) is 20.8 Å². The fourth-order valence-corrected chi connectivity index (χ4v) is 4.64. The number of aromatic nitrogens is 2. The Kier molecular flexibility index (Phi) is 5.31. The van der Waals surface area contributed by atoms with Crippen molar-refractivity contribution in [1.82, 2.24) is 15.5 Å². The largest absolute Gasteiger partial charge is 0.495 e. The molecule has 4 rings (SSSR count). The number of nitrogens with one attached hydrogen (secondary N) is 2. The van der Waals surface area contributed by atoms with Gasteiger partial charge in [-0.15, -0.1) is 10.2 Å². The molecule has 2 fully saturated rings. The molecule has 0 bridgehead atoms. The molecule has 2 aliphatic carbocycles. The van der Waals surface area contributed by atoms with Crippen LogP contribution < -0.4 is 15.4 Å². The fraction of sp³-hybridized carbons (Fsp3) is 0.500. The number of methoxy groups -OCH3 is 1. The second-order valence-corrected chi connectivity index (χ2v) is 8.96. The number of thioether (sulfide) groups is 1. The summed E-state index contributed by atoms with van der Waals surface area (Å²) in [6, 6.07) is 8.07. The van der Waals surface area contributed by atoms with Crippen molar-refractivity contribution in [3.8, 4) is 5.75 Å². The van der Waals surface area contributed by atoms with E-state index in [1.54, 1.807) is 7.11 Å². The molecule has 26 heavy (non-hydrogen) atoms. The molecule has 1 aromatic heterocycles. The number of benzene rings is 1. The summed E-state index contributed by atoms with van der Waals surface area (Å²) in [6.45, 7) is 0. The first-order chi connectivity index (χ1) is 12.7. The average Bonchev–Trinajstić information content (AvgIpc) is 3.58. The molecule has 6 nitrogen and oxygen atoms in total. The molecule has 2 N–H and O–H groups in total. The molecule has 0 radical (unpaired) electrons. The van der Waals surface area contributed by atoms with E-state index >= 15 is 0 Å². The van der Waals surface area contributed by atoms with Gasteiger partial charge in [0.1, 0.15) is 5.75 Å². The normalized spacial score (nSPS) is 16.5. The van der Waals surface area contributed by atoms with Gasteiger partial charge in [0.25, 0.3) is 0 Å². The average molecular weight is 391 g/mol. The van der Waals surface area contributed by atoms with Gasteiger partial charge in [0.15, 0.2) is 4.34 Å². The van der Waals surface area contributed by atoms with E-state index in [0.717, 1.165) is 27.6 Å². The van der Waals surface area contributed by atoms with Gasteiger partial charge in [-0.3, -0.25) is 4.79 Å². The summed E-state index contributed by atoms with van der Waals surface area (Å²) < 4.78 is 6.11. The van der Waals surface area contributed by atoms with E-state index in [0.29, 0.717) is 16.9 Å². The number of rotatable bonds is 9. The summed E-state index contributed by atoms with van der Waals surface area (Å²) in [5, 5.41) is 15.5. The molecule has 0 atom stereocenters. The van der Waals surface area contributed by atoms with E-state index in [-0.39, 0.29) is 5.91 Å². The van der Waals surface area contributed by atoms with E-state index in [9.17, 15) is 4.79 Å². The van der Waals surface area contributed by atoms with Gasteiger partial charge in [-0.05, 0) is 49.7 Å². The maximum atomic E-state index is 12.3. The Bertz CT molecular complexity index is 762. The van der Waals surface area contributed by atoms with Crippen molar-refractivity contribution < 1.29 is 9.53 Å². The third-order valence-corrected chi connectivity index (χ3v) is 6.64. The minimum atomic E-state index is 0.105. The first-order valence-corrected chi connectivity index (χ1v) is 10.7. The minimum Gasteiger partial charge on any atom is -0.495 e. The highest BCUT2D eigenvalue weighted by Gasteiger charge is 2.42. The number of ether oxygens (including phenoxy) is 1. The Morgan fingerprint density at radius 2 is 2.00 bits per heavy atom. The zero-order valence-corrected chi connectivity index (χ0v) is 16.2. The van der Waals surface area contributed by atoms with Gasteiger partial charge >= 0.3 is 0 Å². The van der Waals surface area contributed by atoms with Gasteiger partial charge in [0.2, 0.25) is 11.0 Å². The standard InChI is InChI=1S/C18H22N4O2S2/c1-24-14-5-3-2-4-13(14)19-17-21-22-18(26-17)25-10-15(23)20-16(11-6-7-11)12-8-9-12/h2-5,11-12,16H,6-10H2,1H3,(H,19,21)(H,20,23). The van der Waals surface area contributed by atoms with Crippen LogP contribution in [0.25, 0.3) is 0 Å². The van der Waals surface area contributed by atoms with Crippen LogP contribution >= 0.6 is 23.1 Å². The van der Waals surface area contributed by atoms with Crippen LogP contribution in [-0.4, -0.2) is 35.0 Å². The monoisotopic (exact) mass is 390 g/mol. The van der Waals surface area contributed by atoms with Crippen LogP contribution in [0.3, 0.4) is 0 Å². The highest BCUT2D eigenvalue weighted by atomic mass is 32.2. The zero-order chi connectivity index (χ0) is 17.9. The van der Waals surface area contributed by atoms with Crippen LogP contribution in [0.1, 0.15) is 25.7 Å². The van der Waals surface area contributed by atoms with Crippen molar-refractivity contribution >= 4 is 39.8 Å². The van der Waals surface area contributed by atoms with Crippen LogP contribution in [0, 0.1) is 11.8 Å². The van der Waals surface area contributed by atoms with Crippen molar-refractivity contribution in [3.05, 3.63) is 24.3 Å². The number of nitrogens with zero attached hydrogens (tertiary/aromatic N) is 2. The molecule has 0 saturated heterocycles. The molecule has 2 aromatic rings. The molecule has 0 aliphatic heterocycles. The lowest BCUT2D eigenvalue weighted by Gasteiger charge is -2.17. The van der Waals surface area contributed by atoms with Crippen LogP contribution in [0.2, 0.25) is 0 Å². The molecule has 1 heterocycles. The predicted molar refractivity (Wildman–Crippen MR) is 104 cm³/mol. The highest BCUT2D eigenvalue weighted by Crippen LogP contribution is 2.44. The van der Waals surface area contributed by atoms with Gasteiger partial charge in [-0.25, -0.2) is 0 Å². The molecule has 8 heteroatoms. The predicted octanol–water partition coefficient (Wildman–Crippen LogP) is 3.69. The zero-order valence-electron chi connectivity index (χ0n) is 14.6. The summed E-state index contributed by atoms with van der Waals surface area (Å²) >= 11 is 2.88. The van der Waals surface area contributed by atoms with Crippen LogP contribution in [0.5, 0.6) is 5.75 Å². The topological polar surface area (TPSA) is 76.1 Å². The highest BCUT2D eigenvalue weighted by molar-refractivity contribution is 8.01. The quantitative estimate of drug-likeness (QED) is 0.636. The summed E-state index contributed by atoms with van der Waals surface area (Å²) in [6.07, 6.45) is 5.07. The molecule has 138 valence electrons. The number of carbonyl (C=O) groups excluding carboxylic acids is 1. The second kappa shape index (κ2) is 7.84. The fourth-order valence-electron chi connectivity index (χ4n) is 3.07. The number of hydrogen-bond donors (Lipinski definition) is 2. The first kappa shape index (κ1) is 17.6. The number of hydrogen-bond acceptors (Lipinski definition) is 7. The van der Waals surface area contributed by atoms with Gasteiger partial charge in [-0.1, -0.05) is 35.2 Å².